The van der Waals surface area contributed by atoms with Gasteiger partial charge in [0, 0.05) is 16.1 Å². The fraction of sp³-hybridized carbons (Fsp3) is 0.400. The molecule has 0 heterocycles. The molecule has 4 heteroatoms. The first kappa shape index (κ1) is 13.9. The smallest absolute Gasteiger partial charge is 0.128 e. The minimum atomic E-state index is -0.218. The lowest BCUT2D eigenvalue weighted by Crippen LogP contribution is -2.11. The molecule has 0 amide bonds. The molecule has 14 heavy (non-hydrogen) atoms. The van der Waals surface area contributed by atoms with Gasteiger partial charge in [-0.25, -0.2) is 4.39 Å². The molecule has 0 unspecified atom stereocenters. The third kappa shape index (κ3) is 3.56. The van der Waals surface area contributed by atoms with Gasteiger partial charge < -0.3 is 5.73 Å². The monoisotopic (exact) mass is 281 g/mol. The average Bonchev–Trinajstić information content (AvgIpc) is 2.09. The molecule has 0 spiro atoms. The van der Waals surface area contributed by atoms with Crippen LogP contribution < -0.4 is 5.73 Å². The van der Waals surface area contributed by atoms with Gasteiger partial charge in [-0.3, -0.25) is 0 Å². The summed E-state index contributed by atoms with van der Waals surface area (Å²) in [4.78, 5) is 0. The Morgan fingerprint density at radius 2 is 2.14 bits per heavy atom. The van der Waals surface area contributed by atoms with E-state index in [2.05, 4.69) is 15.9 Å². The fourth-order valence-corrected chi connectivity index (χ4v) is 1.64. The summed E-state index contributed by atoms with van der Waals surface area (Å²) < 4.78 is 14.1. The highest BCUT2D eigenvalue weighted by Crippen LogP contribution is 2.22. The van der Waals surface area contributed by atoms with Crippen molar-refractivity contribution >= 4 is 28.3 Å². The summed E-state index contributed by atoms with van der Waals surface area (Å²) in [5.74, 6) is -0.218. The summed E-state index contributed by atoms with van der Waals surface area (Å²) in [6.45, 7) is 2.04. The molecule has 0 fully saturated rings. The molecule has 0 aromatic heterocycles. The van der Waals surface area contributed by atoms with E-state index < -0.39 is 0 Å². The van der Waals surface area contributed by atoms with Crippen molar-refractivity contribution in [3.63, 3.8) is 0 Å². The minimum Gasteiger partial charge on any atom is -0.324 e. The van der Waals surface area contributed by atoms with Crippen LogP contribution >= 0.6 is 28.3 Å². The van der Waals surface area contributed by atoms with Crippen molar-refractivity contribution in [3.8, 4) is 0 Å². The molecule has 0 radical (unpaired) electrons. The average molecular weight is 283 g/mol. The Balaban J connectivity index is 0.00000169. The molecule has 0 saturated heterocycles. The lowest BCUT2D eigenvalue weighted by atomic mass is 10.0. The Morgan fingerprint density at radius 3 is 2.71 bits per heavy atom. The molecule has 1 rings (SSSR count). The van der Waals surface area contributed by atoms with Crippen LogP contribution in [0.1, 0.15) is 31.4 Å². The van der Waals surface area contributed by atoms with Crippen LogP contribution in [-0.2, 0) is 0 Å². The molecule has 1 atom stereocenters. The first-order valence-electron chi connectivity index (χ1n) is 4.35. The van der Waals surface area contributed by atoms with E-state index in [0.29, 0.717) is 5.56 Å². The van der Waals surface area contributed by atoms with Crippen LogP contribution in [0.3, 0.4) is 0 Å². The van der Waals surface area contributed by atoms with E-state index in [0.717, 1.165) is 17.3 Å². The van der Waals surface area contributed by atoms with Crippen molar-refractivity contribution in [1.82, 2.24) is 0 Å². The van der Waals surface area contributed by atoms with Gasteiger partial charge in [0.1, 0.15) is 5.82 Å². The first-order chi connectivity index (χ1) is 6.15. The van der Waals surface area contributed by atoms with Crippen LogP contribution in [0.25, 0.3) is 0 Å². The van der Waals surface area contributed by atoms with Crippen molar-refractivity contribution in [3.05, 3.63) is 34.1 Å². The Morgan fingerprint density at radius 1 is 1.50 bits per heavy atom. The molecule has 2 N–H and O–H groups in total. The van der Waals surface area contributed by atoms with Crippen molar-refractivity contribution < 1.29 is 4.39 Å². The van der Waals surface area contributed by atoms with Gasteiger partial charge in [-0.15, -0.1) is 12.4 Å². The van der Waals surface area contributed by atoms with E-state index in [1.165, 1.54) is 6.07 Å². The molecule has 1 nitrogen and oxygen atoms in total. The highest BCUT2D eigenvalue weighted by atomic mass is 79.9. The summed E-state index contributed by atoms with van der Waals surface area (Å²) in [5.41, 5.74) is 6.41. The largest absolute Gasteiger partial charge is 0.324 e. The molecule has 0 aliphatic heterocycles. The van der Waals surface area contributed by atoms with Gasteiger partial charge in [0.2, 0.25) is 0 Å². The van der Waals surface area contributed by atoms with Crippen molar-refractivity contribution in [2.75, 3.05) is 0 Å². The number of rotatable bonds is 3. The molecular formula is C10H14BrClFN. The molecule has 0 bridgehead atoms. The van der Waals surface area contributed by atoms with Crippen molar-refractivity contribution in [2.24, 2.45) is 5.73 Å². The van der Waals surface area contributed by atoms with E-state index in [-0.39, 0.29) is 24.3 Å². The highest BCUT2D eigenvalue weighted by Gasteiger charge is 2.10. The number of benzene rings is 1. The summed E-state index contributed by atoms with van der Waals surface area (Å²) in [6, 6.07) is 4.67. The highest BCUT2D eigenvalue weighted by molar-refractivity contribution is 9.10. The van der Waals surface area contributed by atoms with E-state index in [1.807, 2.05) is 6.92 Å². The van der Waals surface area contributed by atoms with Gasteiger partial charge in [0.05, 0.1) is 0 Å². The molecule has 0 aliphatic carbocycles. The predicted molar refractivity (Wildman–Crippen MR) is 63.2 cm³/mol. The van der Waals surface area contributed by atoms with E-state index >= 15 is 0 Å². The topological polar surface area (TPSA) is 26.0 Å². The Kier molecular flexibility index (Phi) is 6.33. The summed E-state index contributed by atoms with van der Waals surface area (Å²) in [6.07, 6.45) is 1.78. The molecule has 80 valence electrons. The molecule has 0 saturated carbocycles. The zero-order chi connectivity index (χ0) is 9.84. The van der Waals surface area contributed by atoms with Crippen LogP contribution in [0.2, 0.25) is 0 Å². The van der Waals surface area contributed by atoms with Crippen LogP contribution in [-0.4, -0.2) is 0 Å². The zero-order valence-electron chi connectivity index (χ0n) is 7.97. The van der Waals surface area contributed by atoms with Gasteiger partial charge in [0.25, 0.3) is 0 Å². The van der Waals surface area contributed by atoms with E-state index in [1.54, 1.807) is 12.1 Å². The summed E-state index contributed by atoms with van der Waals surface area (Å²) in [5, 5.41) is 0. The predicted octanol–water partition coefficient (Wildman–Crippen LogP) is 3.81. The number of hydrogen-bond donors (Lipinski definition) is 1. The van der Waals surface area contributed by atoms with E-state index in [4.69, 9.17) is 5.73 Å². The second-order valence-corrected chi connectivity index (χ2v) is 3.98. The third-order valence-electron chi connectivity index (χ3n) is 1.96. The number of halogens is 3. The lowest BCUT2D eigenvalue weighted by Gasteiger charge is -2.11. The maximum absolute atomic E-state index is 13.2. The quantitative estimate of drug-likeness (QED) is 0.896. The van der Waals surface area contributed by atoms with Crippen LogP contribution in [0.4, 0.5) is 4.39 Å². The Labute approximate surface area is 98.4 Å². The van der Waals surface area contributed by atoms with Gasteiger partial charge in [0.15, 0.2) is 0 Å². The maximum Gasteiger partial charge on any atom is 0.128 e. The molecule has 1 aromatic carbocycles. The van der Waals surface area contributed by atoms with Crippen LogP contribution in [0.5, 0.6) is 0 Å². The van der Waals surface area contributed by atoms with Gasteiger partial charge in [-0.1, -0.05) is 29.3 Å². The van der Waals surface area contributed by atoms with Crippen molar-refractivity contribution in [2.45, 2.75) is 25.8 Å². The van der Waals surface area contributed by atoms with Gasteiger partial charge in [-0.05, 0) is 24.6 Å². The van der Waals surface area contributed by atoms with Crippen molar-refractivity contribution in [1.29, 1.82) is 0 Å². The summed E-state index contributed by atoms with van der Waals surface area (Å²) >= 11 is 3.29. The number of hydrogen-bond acceptors (Lipinski definition) is 1. The number of nitrogens with two attached hydrogens (primary N) is 1. The molecule has 0 aliphatic rings. The second-order valence-electron chi connectivity index (χ2n) is 3.06. The Bertz CT molecular complexity index is 293. The zero-order valence-corrected chi connectivity index (χ0v) is 10.4. The van der Waals surface area contributed by atoms with Gasteiger partial charge >= 0.3 is 0 Å². The summed E-state index contributed by atoms with van der Waals surface area (Å²) in [7, 11) is 0. The second kappa shape index (κ2) is 6.38. The van der Waals surface area contributed by atoms with Crippen LogP contribution in [0, 0.1) is 5.82 Å². The van der Waals surface area contributed by atoms with E-state index in [9.17, 15) is 4.39 Å². The van der Waals surface area contributed by atoms with Crippen LogP contribution in [0.15, 0.2) is 22.7 Å². The standard InChI is InChI=1S/C10H13BrFN.ClH/c1-2-3-10(13)8-6-7(11)4-5-9(8)12;/h4-6,10H,2-3,13H2,1H3;1H/t10-;/m0./s1. The molecule has 1 aromatic rings. The maximum atomic E-state index is 13.2. The Hall–Kier alpha value is -0.120. The SMILES string of the molecule is CCC[C@H](N)c1cc(Br)ccc1F.Cl. The lowest BCUT2D eigenvalue weighted by molar-refractivity contribution is 0.559. The first-order valence-corrected chi connectivity index (χ1v) is 5.15. The third-order valence-corrected chi connectivity index (χ3v) is 2.45. The fourth-order valence-electron chi connectivity index (χ4n) is 1.27. The van der Waals surface area contributed by atoms with Gasteiger partial charge in [-0.2, -0.15) is 0 Å². The minimum absolute atomic E-state index is 0. The normalized spacial score (nSPS) is 12.0. The molecular weight excluding hydrogens is 268 g/mol.